The molecule has 1 heterocycles. The minimum atomic E-state index is -0.968. The summed E-state index contributed by atoms with van der Waals surface area (Å²) < 4.78 is 5.11. The fraction of sp³-hybridized carbons (Fsp3) is 0.316. The molecular weight excluding hydrogens is 326 g/mol. The predicted molar refractivity (Wildman–Crippen MR) is 94.0 cm³/mol. The van der Waals surface area contributed by atoms with Crippen LogP contribution in [0.1, 0.15) is 33.8 Å². The van der Waals surface area contributed by atoms with Gasteiger partial charge in [0.15, 0.2) is 0 Å². The lowest BCUT2D eigenvalue weighted by molar-refractivity contribution is 0.0693. The van der Waals surface area contributed by atoms with Gasteiger partial charge in [-0.1, -0.05) is 35.9 Å². The van der Waals surface area contributed by atoms with Crippen LogP contribution in [0.15, 0.2) is 42.5 Å². The topological polar surface area (TPSA) is 49.8 Å². The van der Waals surface area contributed by atoms with Crippen LogP contribution in [-0.2, 0) is 6.54 Å². The van der Waals surface area contributed by atoms with Crippen molar-refractivity contribution in [1.29, 1.82) is 0 Å². The lowest BCUT2D eigenvalue weighted by atomic mass is 9.98. The predicted octanol–water partition coefficient (Wildman–Crippen LogP) is 4.04. The van der Waals surface area contributed by atoms with Crippen molar-refractivity contribution in [3.63, 3.8) is 0 Å². The van der Waals surface area contributed by atoms with Crippen LogP contribution in [0.3, 0.4) is 0 Å². The molecule has 2 aromatic rings. The van der Waals surface area contributed by atoms with E-state index in [2.05, 4.69) is 11.0 Å². The summed E-state index contributed by atoms with van der Waals surface area (Å²) in [5.74, 6) is -0.151. The number of methoxy groups -OCH3 is 1. The number of aromatic carboxylic acids is 1. The third-order valence-corrected chi connectivity index (χ3v) is 4.86. The lowest BCUT2D eigenvalue weighted by Gasteiger charge is -2.17. The van der Waals surface area contributed by atoms with Crippen molar-refractivity contribution in [3.05, 3.63) is 64.2 Å². The van der Waals surface area contributed by atoms with Gasteiger partial charge in [-0.3, -0.25) is 4.90 Å². The molecule has 1 saturated heterocycles. The molecule has 4 nitrogen and oxygen atoms in total. The van der Waals surface area contributed by atoms with E-state index in [9.17, 15) is 9.90 Å². The SMILES string of the molecule is COc1ccc(CN2CCC(c3ccccc3Cl)C2)cc1C(=O)O. The Hall–Kier alpha value is -2.04. The van der Waals surface area contributed by atoms with Gasteiger partial charge in [-0.05, 0) is 48.2 Å². The molecule has 2 aromatic carbocycles. The molecular formula is C19H20ClNO3. The molecule has 0 aromatic heterocycles. The second-order valence-electron chi connectivity index (χ2n) is 6.08. The molecule has 3 rings (SSSR count). The van der Waals surface area contributed by atoms with Crippen molar-refractivity contribution >= 4 is 17.6 Å². The van der Waals surface area contributed by atoms with Crippen LogP contribution in [0.25, 0.3) is 0 Å². The molecule has 5 heteroatoms. The number of carboxylic acids is 1. The summed E-state index contributed by atoms with van der Waals surface area (Å²) in [7, 11) is 1.48. The highest BCUT2D eigenvalue weighted by Crippen LogP contribution is 2.32. The zero-order chi connectivity index (χ0) is 17.1. The highest BCUT2D eigenvalue weighted by molar-refractivity contribution is 6.31. The summed E-state index contributed by atoms with van der Waals surface area (Å²) >= 11 is 6.30. The van der Waals surface area contributed by atoms with Crippen LogP contribution in [0, 0.1) is 0 Å². The number of hydrogen-bond acceptors (Lipinski definition) is 3. The average molecular weight is 346 g/mol. The first-order valence-corrected chi connectivity index (χ1v) is 8.33. The van der Waals surface area contributed by atoms with Crippen molar-refractivity contribution in [2.24, 2.45) is 0 Å². The van der Waals surface area contributed by atoms with E-state index >= 15 is 0 Å². The molecule has 0 amide bonds. The van der Waals surface area contributed by atoms with Gasteiger partial charge < -0.3 is 9.84 Å². The quantitative estimate of drug-likeness (QED) is 0.888. The normalized spacial score (nSPS) is 17.8. The van der Waals surface area contributed by atoms with Crippen LogP contribution in [0.2, 0.25) is 5.02 Å². The highest BCUT2D eigenvalue weighted by atomic mass is 35.5. The summed E-state index contributed by atoms with van der Waals surface area (Å²) in [4.78, 5) is 13.7. The summed E-state index contributed by atoms with van der Waals surface area (Å²) in [5.41, 5.74) is 2.38. The Bertz CT molecular complexity index is 747. The number of rotatable bonds is 5. The Morgan fingerprint density at radius 2 is 2.12 bits per heavy atom. The van der Waals surface area contributed by atoms with Crippen LogP contribution in [0.5, 0.6) is 5.75 Å². The maximum absolute atomic E-state index is 11.3. The number of hydrogen-bond donors (Lipinski definition) is 1. The minimum Gasteiger partial charge on any atom is -0.496 e. The number of benzene rings is 2. The van der Waals surface area contributed by atoms with E-state index in [-0.39, 0.29) is 5.56 Å². The van der Waals surface area contributed by atoms with Gasteiger partial charge in [-0.2, -0.15) is 0 Å². The third kappa shape index (κ3) is 3.55. The molecule has 0 saturated carbocycles. The number of carboxylic acid groups (broad SMARTS) is 1. The Morgan fingerprint density at radius 1 is 1.33 bits per heavy atom. The number of ether oxygens (including phenoxy) is 1. The fourth-order valence-electron chi connectivity index (χ4n) is 3.32. The zero-order valence-corrected chi connectivity index (χ0v) is 14.3. The first-order valence-electron chi connectivity index (χ1n) is 7.95. The van der Waals surface area contributed by atoms with E-state index in [4.69, 9.17) is 16.3 Å². The molecule has 126 valence electrons. The first kappa shape index (κ1) is 16.8. The fourth-order valence-corrected chi connectivity index (χ4v) is 3.61. The molecule has 0 bridgehead atoms. The molecule has 1 N–H and O–H groups in total. The van der Waals surface area contributed by atoms with Gasteiger partial charge in [-0.25, -0.2) is 4.79 Å². The highest BCUT2D eigenvalue weighted by Gasteiger charge is 2.25. The van der Waals surface area contributed by atoms with E-state index in [1.165, 1.54) is 12.7 Å². The molecule has 0 spiro atoms. The molecule has 1 unspecified atom stereocenters. The molecule has 0 aliphatic carbocycles. The van der Waals surface area contributed by atoms with Crippen molar-refractivity contribution in [2.45, 2.75) is 18.9 Å². The van der Waals surface area contributed by atoms with Gasteiger partial charge in [0.25, 0.3) is 0 Å². The number of likely N-dealkylation sites (tertiary alicyclic amines) is 1. The first-order chi connectivity index (χ1) is 11.6. The summed E-state index contributed by atoms with van der Waals surface area (Å²) in [6.07, 6.45) is 1.06. The monoisotopic (exact) mass is 345 g/mol. The van der Waals surface area contributed by atoms with Crippen LogP contribution < -0.4 is 4.74 Å². The zero-order valence-electron chi connectivity index (χ0n) is 13.5. The maximum atomic E-state index is 11.3. The third-order valence-electron chi connectivity index (χ3n) is 4.52. The molecule has 1 aliphatic heterocycles. The maximum Gasteiger partial charge on any atom is 0.339 e. The van der Waals surface area contributed by atoms with Crippen molar-refractivity contribution in [2.75, 3.05) is 20.2 Å². The van der Waals surface area contributed by atoms with E-state index in [0.717, 1.165) is 36.6 Å². The number of nitrogens with zero attached hydrogens (tertiary/aromatic N) is 1. The van der Waals surface area contributed by atoms with Gasteiger partial charge in [0, 0.05) is 18.1 Å². The van der Waals surface area contributed by atoms with Crippen molar-refractivity contribution in [3.8, 4) is 5.75 Å². The largest absolute Gasteiger partial charge is 0.496 e. The molecule has 1 aliphatic rings. The number of halogens is 1. The number of carbonyl (C=O) groups is 1. The second kappa shape index (κ2) is 7.24. The van der Waals surface area contributed by atoms with Crippen molar-refractivity contribution < 1.29 is 14.6 Å². The van der Waals surface area contributed by atoms with Crippen LogP contribution in [-0.4, -0.2) is 36.2 Å². The van der Waals surface area contributed by atoms with Gasteiger partial charge in [0.05, 0.1) is 7.11 Å². The Kier molecular flexibility index (Phi) is 5.07. The van der Waals surface area contributed by atoms with Gasteiger partial charge in [0.2, 0.25) is 0 Å². The summed E-state index contributed by atoms with van der Waals surface area (Å²) in [6.45, 7) is 2.63. The molecule has 24 heavy (non-hydrogen) atoms. The average Bonchev–Trinajstić information content (AvgIpc) is 3.03. The van der Waals surface area contributed by atoms with Gasteiger partial charge in [0.1, 0.15) is 11.3 Å². The molecule has 0 radical (unpaired) electrons. The Morgan fingerprint density at radius 3 is 2.83 bits per heavy atom. The van der Waals surface area contributed by atoms with E-state index in [1.54, 1.807) is 12.1 Å². The summed E-state index contributed by atoms with van der Waals surface area (Å²) in [5, 5.41) is 10.1. The van der Waals surface area contributed by atoms with E-state index in [1.807, 2.05) is 24.3 Å². The van der Waals surface area contributed by atoms with E-state index < -0.39 is 5.97 Å². The van der Waals surface area contributed by atoms with E-state index in [0.29, 0.717) is 11.7 Å². The molecule has 1 fully saturated rings. The smallest absolute Gasteiger partial charge is 0.339 e. The standard InChI is InChI=1S/C19H20ClNO3/c1-24-18-7-6-13(10-16(18)19(22)23)11-21-9-8-14(12-21)15-4-2-3-5-17(15)20/h2-7,10,14H,8-9,11-12H2,1H3,(H,22,23). The lowest BCUT2D eigenvalue weighted by Crippen LogP contribution is -2.20. The van der Waals surface area contributed by atoms with Crippen LogP contribution in [0.4, 0.5) is 0 Å². The van der Waals surface area contributed by atoms with Gasteiger partial charge >= 0.3 is 5.97 Å². The molecule has 1 atom stereocenters. The Balaban J connectivity index is 1.71. The second-order valence-corrected chi connectivity index (χ2v) is 6.49. The summed E-state index contributed by atoms with van der Waals surface area (Å²) in [6, 6.07) is 13.3. The van der Waals surface area contributed by atoms with Gasteiger partial charge in [-0.15, -0.1) is 0 Å². The van der Waals surface area contributed by atoms with Crippen LogP contribution >= 0.6 is 11.6 Å². The van der Waals surface area contributed by atoms with Crippen molar-refractivity contribution in [1.82, 2.24) is 4.90 Å². The Labute approximate surface area is 146 Å². The minimum absolute atomic E-state index is 0.205.